The maximum atomic E-state index is 12.0. The molecule has 3 aliphatic rings. The molecule has 0 heterocycles. The van der Waals surface area contributed by atoms with Gasteiger partial charge in [-0.2, -0.15) is 0 Å². The molecule has 0 aliphatic heterocycles. The first-order valence-electron chi connectivity index (χ1n) is 12.1. The second kappa shape index (κ2) is 8.62. The van der Waals surface area contributed by atoms with Crippen LogP contribution >= 0.6 is 0 Å². The molecule has 6 atom stereocenters. The fraction of sp³-hybridized carbons (Fsp3) is 0.885. The lowest BCUT2D eigenvalue weighted by Crippen LogP contribution is -2.43. The van der Waals surface area contributed by atoms with Gasteiger partial charge in [-0.15, -0.1) is 0 Å². The van der Waals surface area contributed by atoms with Crippen LogP contribution in [0, 0.1) is 35.0 Å². The van der Waals surface area contributed by atoms with Crippen LogP contribution in [0.2, 0.25) is 0 Å². The highest BCUT2D eigenvalue weighted by molar-refractivity contribution is 5.91. The van der Waals surface area contributed by atoms with E-state index in [0.717, 1.165) is 55.8 Å². The van der Waals surface area contributed by atoms with Crippen LogP contribution in [0.5, 0.6) is 0 Å². The standard InChI is InChI=1S/C26H44O2/c1-18(13-15-25(3,4)28)20-7-6-8-24-23(19(2)9-10-20)12-11-21-17-22(27)14-16-26(21,24)5/h17-20,23-24,28H,6-16H2,1-5H3. The van der Waals surface area contributed by atoms with E-state index < -0.39 is 5.60 Å². The van der Waals surface area contributed by atoms with Crippen molar-refractivity contribution in [3.05, 3.63) is 11.6 Å². The van der Waals surface area contributed by atoms with Gasteiger partial charge in [0, 0.05) is 6.42 Å². The second-order valence-electron chi connectivity index (χ2n) is 11.4. The fourth-order valence-electron chi connectivity index (χ4n) is 6.79. The molecule has 0 saturated heterocycles. The molecule has 2 fully saturated rings. The highest BCUT2D eigenvalue weighted by Gasteiger charge is 2.48. The third kappa shape index (κ3) is 4.91. The van der Waals surface area contributed by atoms with Crippen LogP contribution in [0.15, 0.2) is 11.6 Å². The van der Waals surface area contributed by atoms with E-state index in [0.29, 0.717) is 11.7 Å². The van der Waals surface area contributed by atoms with Crippen molar-refractivity contribution in [1.82, 2.24) is 0 Å². The largest absolute Gasteiger partial charge is 0.390 e. The van der Waals surface area contributed by atoms with Gasteiger partial charge in [0.1, 0.15) is 0 Å². The average molecular weight is 389 g/mol. The second-order valence-corrected chi connectivity index (χ2v) is 11.4. The molecule has 3 rings (SSSR count). The summed E-state index contributed by atoms with van der Waals surface area (Å²) in [5, 5.41) is 10.1. The summed E-state index contributed by atoms with van der Waals surface area (Å²) in [5.41, 5.74) is 1.22. The molecular formula is C26H44O2. The quantitative estimate of drug-likeness (QED) is 0.581. The molecule has 2 saturated carbocycles. The molecule has 0 amide bonds. The van der Waals surface area contributed by atoms with Crippen LogP contribution in [-0.2, 0) is 4.79 Å². The summed E-state index contributed by atoms with van der Waals surface area (Å²) in [4.78, 5) is 12.0. The monoisotopic (exact) mass is 388 g/mol. The first-order valence-corrected chi connectivity index (χ1v) is 12.1. The number of aliphatic hydroxyl groups is 1. The summed E-state index contributed by atoms with van der Waals surface area (Å²) in [6.07, 6.45) is 15.1. The molecule has 28 heavy (non-hydrogen) atoms. The summed E-state index contributed by atoms with van der Waals surface area (Å²) in [6, 6.07) is 0. The Labute approximate surface area is 173 Å². The van der Waals surface area contributed by atoms with E-state index in [2.05, 4.69) is 20.8 Å². The third-order valence-electron chi connectivity index (χ3n) is 8.87. The number of carbonyl (C=O) groups is 1. The van der Waals surface area contributed by atoms with Crippen molar-refractivity contribution in [1.29, 1.82) is 0 Å². The van der Waals surface area contributed by atoms with Crippen LogP contribution in [0.1, 0.15) is 105 Å². The Kier molecular flexibility index (Phi) is 6.79. The molecule has 6 unspecified atom stereocenters. The van der Waals surface area contributed by atoms with Crippen molar-refractivity contribution >= 4 is 5.78 Å². The van der Waals surface area contributed by atoms with Crippen molar-refractivity contribution < 1.29 is 9.90 Å². The van der Waals surface area contributed by atoms with Crippen molar-refractivity contribution in [3.63, 3.8) is 0 Å². The van der Waals surface area contributed by atoms with Crippen molar-refractivity contribution in [2.24, 2.45) is 35.0 Å². The minimum absolute atomic E-state index is 0.275. The van der Waals surface area contributed by atoms with Gasteiger partial charge in [0.2, 0.25) is 0 Å². The molecule has 3 aliphatic carbocycles. The topological polar surface area (TPSA) is 37.3 Å². The van der Waals surface area contributed by atoms with Crippen LogP contribution in [0.3, 0.4) is 0 Å². The van der Waals surface area contributed by atoms with E-state index in [1.807, 2.05) is 19.9 Å². The van der Waals surface area contributed by atoms with Crippen LogP contribution in [0.4, 0.5) is 0 Å². The Morgan fingerprint density at radius 3 is 2.64 bits per heavy atom. The van der Waals surface area contributed by atoms with E-state index in [1.165, 1.54) is 44.1 Å². The molecule has 2 nitrogen and oxygen atoms in total. The lowest BCUT2D eigenvalue weighted by Gasteiger charge is -2.51. The van der Waals surface area contributed by atoms with E-state index in [9.17, 15) is 9.90 Å². The first-order chi connectivity index (χ1) is 13.1. The van der Waals surface area contributed by atoms with Crippen LogP contribution in [0.25, 0.3) is 0 Å². The average Bonchev–Trinajstić information content (AvgIpc) is 2.70. The molecule has 1 N–H and O–H groups in total. The van der Waals surface area contributed by atoms with Gasteiger partial charge >= 0.3 is 0 Å². The van der Waals surface area contributed by atoms with Gasteiger partial charge in [-0.05, 0) is 99.9 Å². The minimum atomic E-state index is -0.537. The number of hydrogen-bond donors (Lipinski definition) is 1. The van der Waals surface area contributed by atoms with Gasteiger partial charge in [-0.25, -0.2) is 0 Å². The number of ketones is 1. The summed E-state index contributed by atoms with van der Waals surface area (Å²) in [5.74, 6) is 4.27. The number of carbonyl (C=O) groups excluding carboxylic acids is 1. The third-order valence-corrected chi connectivity index (χ3v) is 8.87. The van der Waals surface area contributed by atoms with E-state index in [-0.39, 0.29) is 5.41 Å². The number of fused-ring (bicyclic) bond motifs is 3. The van der Waals surface area contributed by atoms with Crippen LogP contribution in [-0.4, -0.2) is 16.5 Å². The predicted molar refractivity (Wildman–Crippen MR) is 117 cm³/mol. The Morgan fingerprint density at radius 1 is 1.18 bits per heavy atom. The molecule has 2 heteroatoms. The Balaban J connectivity index is 1.71. The zero-order valence-electron chi connectivity index (χ0n) is 19.1. The smallest absolute Gasteiger partial charge is 0.155 e. The summed E-state index contributed by atoms with van der Waals surface area (Å²) in [7, 11) is 0. The maximum Gasteiger partial charge on any atom is 0.155 e. The van der Waals surface area contributed by atoms with Gasteiger partial charge in [-0.3, -0.25) is 4.79 Å². The zero-order chi connectivity index (χ0) is 20.5. The number of allylic oxidation sites excluding steroid dienone is 2. The highest BCUT2D eigenvalue weighted by Crippen LogP contribution is 2.57. The molecule has 0 aromatic heterocycles. The first kappa shape index (κ1) is 22.1. The summed E-state index contributed by atoms with van der Waals surface area (Å²) in [6.45, 7) is 11.3. The number of rotatable bonds is 4. The Morgan fingerprint density at radius 2 is 1.93 bits per heavy atom. The van der Waals surface area contributed by atoms with Gasteiger partial charge in [0.05, 0.1) is 5.60 Å². The molecule has 160 valence electrons. The Bertz CT molecular complexity index is 584. The molecule has 0 radical (unpaired) electrons. The summed E-state index contributed by atoms with van der Waals surface area (Å²) < 4.78 is 0. The van der Waals surface area contributed by atoms with Gasteiger partial charge in [0.15, 0.2) is 5.78 Å². The predicted octanol–water partition coefficient (Wildman–Crippen LogP) is 6.71. The van der Waals surface area contributed by atoms with Crippen molar-refractivity contribution in [2.75, 3.05) is 0 Å². The fourth-order valence-corrected chi connectivity index (χ4v) is 6.79. The Hall–Kier alpha value is -0.630. The van der Waals surface area contributed by atoms with E-state index >= 15 is 0 Å². The molecule has 0 aromatic rings. The lowest BCUT2D eigenvalue weighted by atomic mass is 9.53. The molecule has 0 bridgehead atoms. The van der Waals surface area contributed by atoms with Gasteiger partial charge in [0.25, 0.3) is 0 Å². The lowest BCUT2D eigenvalue weighted by molar-refractivity contribution is -0.116. The SMILES string of the molecule is CC(CCC(C)(C)O)C1CCCC2C(CCC3=CC(=O)CCC32C)C(C)CC1. The maximum absolute atomic E-state index is 12.0. The van der Waals surface area contributed by atoms with E-state index in [1.54, 1.807) is 0 Å². The summed E-state index contributed by atoms with van der Waals surface area (Å²) >= 11 is 0. The zero-order valence-corrected chi connectivity index (χ0v) is 19.1. The van der Waals surface area contributed by atoms with E-state index in [4.69, 9.17) is 0 Å². The van der Waals surface area contributed by atoms with Crippen molar-refractivity contribution in [3.8, 4) is 0 Å². The highest BCUT2D eigenvalue weighted by atomic mass is 16.3. The molecular weight excluding hydrogens is 344 g/mol. The van der Waals surface area contributed by atoms with Gasteiger partial charge in [-0.1, -0.05) is 45.6 Å². The molecule has 0 aromatic carbocycles. The molecule has 0 spiro atoms. The minimum Gasteiger partial charge on any atom is -0.390 e. The normalized spacial score (nSPS) is 38.4. The van der Waals surface area contributed by atoms with Gasteiger partial charge < -0.3 is 5.11 Å². The van der Waals surface area contributed by atoms with Crippen molar-refractivity contribution in [2.45, 2.75) is 111 Å². The van der Waals surface area contributed by atoms with Crippen LogP contribution < -0.4 is 0 Å². The number of hydrogen-bond acceptors (Lipinski definition) is 2.